The number of hydrogen-bond acceptors (Lipinski definition) is 2. The lowest BCUT2D eigenvalue weighted by molar-refractivity contribution is -0.123. The van der Waals surface area contributed by atoms with E-state index in [2.05, 4.69) is 10.2 Å². The third-order valence-electron chi connectivity index (χ3n) is 4.55. The molecular weight excluding hydrogens is 279 g/mol. The van der Waals surface area contributed by atoms with Crippen LogP contribution in [0.2, 0.25) is 0 Å². The molecule has 1 heterocycles. The van der Waals surface area contributed by atoms with Crippen molar-refractivity contribution in [2.24, 2.45) is 5.92 Å². The molecule has 1 aromatic carbocycles. The van der Waals surface area contributed by atoms with Gasteiger partial charge < -0.3 is 5.32 Å². The van der Waals surface area contributed by atoms with Crippen LogP contribution in [0.15, 0.2) is 24.3 Å². The van der Waals surface area contributed by atoms with Crippen molar-refractivity contribution in [2.75, 3.05) is 19.6 Å². The van der Waals surface area contributed by atoms with Crippen LogP contribution in [0, 0.1) is 11.7 Å². The Morgan fingerprint density at radius 3 is 2.73 bits per heavy atom. The monoisotopic (exact) mass is 302 g/mol. The molecule has 118 valence electrons. The van der Waals surface area contributed by atoms with Crippen LogP contribution in [0.3, 0.4) is 0 Å². The van der Waals surface area contributed by atoms with Gasteiger partial charge in [-0.1, -0.05) is 18.2 Å². The molecule has 1 unspecified atom stereocenters. The molecule has 1 aromatic rings. The Bertz CT molecular complexity index is 591. The Morgan fingerprint density at radius 1 is 1.36 bits per heavy atom. The first-order valence-electron chi connectivity index (χ1n) is 8.17. The summed E-state index contributed by atoms with van der Waals surface area (Å²) in [6, 6.07) is 5.49. The number of hydrogen-bond donors (Lipinski definition) is 1. The average Bonchev–Trinajstić information content (AvgIpc) is 2.93. The first kappa shape index (κ1) is 15.2. The van der Waals surface area contributed by atoms with Gasteiger partial charge in [0.25, 0.3) is 0 Å². The van der Waals surface area contributed by atoms with Crippen molar-refractivity contribution in [3.63, 3.8) is 0 Å². The maximum Gasteiger partial charge on any atom is 0.227 e. The van der Waals surface area contributed by atoms with Crippen molar-refractivity contribution in [3.8, 4) is 0 Å². The average molecular weight is 302 g/mol. The molecule has 1 aliphatic carbocycles. The van der Waals surface area contributed by atoms with E-state index in [0.29, 0.717) is 19.5 Å². The lowest BCUT2D eigenvalue weighted by Crippen LogP contribution is -2.32. The number of benzene rings is 1. The van der Waals surface area contributed by atoms with Crippen molar-refractivity contribution >= 4 is 11.5 Å². The second-order valence-electron chi connectivity index (χ2n) is 6.19. The van der Waals surface area contributed by atoms with Crippen LogP contribution >= 0.6 is 0 Å². The Hall–Kier alpha value is -1.68. The molecule has 1 fully saturated rings. The number of nitrogens with one attached hydrogen (secondary N) is 1. The zero-order chi connectivity index (χ0) is 15.5. The topological polar surface area (TPSA) is 32.3 Å². The van der Waals surface area contributed by atoms with Crippen molar-refractivity contribution in [3.05, 3.63) is 41.2 Å². The Kier molecular flexibility index (Phi) is 4.57. The normalized spacial score (nSPS) is 21.4. The first-order chi connectivity index (χ1) is 10.7. The van der Waals surface area contributed by atoms with Crippen molar-refractivity contribution in [2.45, 2.75) is 32.7 Å². The quantitative estimate of drug-likeness (QED) is 0.907. The molecule has 1 aliphatic heterocycles. The molecule has 0 aromatic heterocycles. The molecule has 1 saturated heterocycles. The largest absolute Gasteiger partial charge is 0.356 e. The number of halogens is 1. The summed E-state index contributed by atoms with van der Waals surface area (Å²) < 4.78 is 14.3. The molecule has 1 N–H and O–H groups in total. The summed E-state index contributed by atoms with van der Waals surface area (Å²) in [6.07, 6.45) is 5.08. The Balaban J connectivity index is 1.65. The molecule has 22 heavy (non-hydrogen) atoms. The molecule has 1 atom stereocenters. The Labute approximate surface area is 131 Å². The molecule has 0 spiro atoms. The minimum absolute atomic E-state index is 0.0534. The fourth-order valence-corrected chi connectivity index (χ4v) is 3.19. The van der Waals surface area contributed by atoms with E-state index in [1.54, 1.807) is 6.07 Å². The maximum absolute atomic E-state index is 14.3. The number of carbonyl (C=O) groups excluding carboxylic acids is 1. The first-order valence-corrected chi connectivity index (χ1v) is 8.17. The van der Waals surface area contributed by atoms with E-state index in [1.807, 2.05) is 25.1 Å². The van der Waals surface area contributed by atoms with E-state index in [0.717, 1.165) is 29.8 Å². The van der Waals surface area contributed by atoms with Gasteiger partial charge in [0.15, 0.2) is 0 Å². The zero-order valence-corrected chi connectivity index (χ0v) is 13.1. The van der Waals surface area contributed by atoms with E-state index in [-0.39, 0.29) is 17.6 Å². The van der Waals surface area contributed by atoms with Gasteiger partial charge in [0.2, 0.25) is 5.91 Å². The third kappa shape index (κ3) is 3.22. The SMILES string of the molecule is CCNC(=O)C1C=C(c2ccc(CN3CCCC3)c(F)c2)C1. The van der Waals surface area contributed by atoms with Crippen molar-refractivity contribution in [1.82, 2.24) is 10.2 Å². The van der Waals surface area contributed by atoms with Gasteiger partial charge in [0, 0.05) is 18.7 Å². The second-order valence-corrected chi connectivity index (χ2v) is 6.19. The smallest absolute Gasteiger partial charge is 0.227 e. The molecule has 3 nitrogen and oxygen atoms in total. The highest BCUT2D eigenvalue weighted by atomic mass is 19.1. The highest BCUT2D eigenvalue weighted by molar-refractivity contribution is 5.89. The van der Waals surface area contributed by atoms with Gasteiger partial charge in [-0.2, -0.15) is 0 Å². The fourth-order valence-electron chi connectivity index (χ4n) is 3.19. The Morgan fingerprint density at radius 2 is 2.09 bits per heavy atom. The summed E-state index contributed by atoms with van der Waals surface area (Å²) >= 11 is 0. The fraction of sp³-hybridized carbons (Fsp3) is 0.500. The third-order valence-corrected chi connectivity index (χ3v) is 4.55. The summed E-state index contributed by atoms with van der Waals surface area (Å²) in [5.74, 6) is -0.119. The molecule has 1 amide bonds. The van der Waals surface area contributed by atoms with E-state index < -0.39 is 0 Å². The van der Waals surface area contributed by atoms with Gasteiger partial charge in [-0.15, -0.1) is 0 Å². The molecule has 4 heteroatoms. The van der Waals surface area contributed by atoms with Gasteiger partial charge >= 0.3 is 0 Å². The molecule has 2 aliphatic rings. The van der Waals surface area contributed by atoms with E-state index in [1.165, 1.54) is 12.8 Å². The van der Waals surface area contributed by atoms with Gasteiger partial charge in [0.05, 0.1) is 5.92 Å². The van der Waals surface area contributed by atoms with E-state index in [9.17, 15) is 9.18 Å². The van der Waals surface area contributed by atoms with E-state index >= 15 is 0 Å². The predicted molar refractivity (Wildman–Crippen MR) is 85.7 cm³/mol. The van der Waals surface area contributed by atoms with Crippen LogP contribution in [0.4, 0.5) is 4.39 Å². The van der Waals surface area contributed by atoms with E-state index in [4.69, 9.17) is 0 Å². The van der Waals surface area contributed by atoms with Crippen LogP contribution in [0.25, 0.3) is 5.57 Å². The highest BCUT2D eigenvalue weighted by Gasteiger charge is 2.26. The zero-order valence-electron chi connectivity index (χ0n) is 13.1. The lowest BCUT2D eigenvalue weighted by atomic mass is 9.81. The molecule has 3 rings (SSSR count). The predicted octanol–water partition coefficient (Wildman–Crippen LogP) is 2.96. The van der Waals surface area contributed by atoms with Crippen LogP contribution in [-0.2, 0) is 11.3 Å². The van der Waals surface area contributed by atoms with Crippen molar-refractivity contribution in [1.29, 1.82) is 0 Å². The summed E-state index contributed by atoms with van der Waals surface area (Å²) in [4.78, 5) is 14.0. The van der Waals surface area contributed by atoms with Gasteiger partial charge in [-0.05, 0) is 56.5 Å². The highest BCUT2D eigenvalue weighted by Crippen LogP contribution is 2.35. The summed E-state index contributed by atoms with van der Waals surface area (Å²) in [5, 5.41) is 2.82. The number of amides is 1. The molecular formula is C18H23FN2O. The number of nitrogens with zero attached hydrogens (tertiary/aromatic N) is 1. The van der Waals surface area contributed by atoms with Gasteiger partial charge in [0.1, 0.15) is 5.82 Å². The van der Waals surface area contributed by atoms with Crippen LogP contribution in [0.5, 0.6) is 0 Å². The number of allylic oxidation sites excluding steroid dienone is 1. The minimum atomic E-state index is -0.133. The van der Waals surface area contributed by atoms with Gasteiger partial charge in [-0.3, -0.25) is 9.69 Å². The van der Waals surface area contributed by atoms with Gasteiger partial charge in [-0.25, -0.2) is 4.39 Å². The summed E-state index contributed by atoms with van der Waals surface area (Å²) in [6.45, 7) is 5.40. The van der Waals surface area contributed by atoms with Crippen LogP contribution in [-0.4, -0.2) is 30.4 Å². The van der Waals surface area contributed by atoms with Crippen molar-refractivity contribution < 1.29 is 9.18 Å². The molecule has 0 radical (unpaired) electrons. The summed E-state index contributed by atoms with van der Waals surface area (Å²) in [7, 11) is 0. The van der Waals surface area contributed by atoms with Crippen LogP contribution < -0.4 is 5.32 Å². The summed E-state index contributed by atoms with van der Waals surface area (Å²) in [5.41, 5.74) is 2.75. The lowest BCUT2D eigenvalue weighted by Gasteiger charge is -2.25. The van der Waals surface area contributed by atoms with Crippen LogP contribution in [0.1, 0.15) is 37.3 Å². The number of carbonyl (C=O) groups is 1. The number of rotatable bonds is 5. The molecule has 0 saturated carbocycles. The second kappa shape index (κ2) is 6.61. The minimum Gasteiger partial charge on any atom is -0.356 e. The number of likely N-dealkylation sites (tertiary alicyclic amines) is 1. The maximum atomic E-state index is 14.3. The molecule has 0 bridgehead atoms. The standard InChI is InChI=1S/C18H23FN2O/c1-2-20-18(22)16-9-15(10-16)13-5-6-14(17(19)11-13)12-21-7-3-4-8-21/h5-6,9,11,16H,2-4,7-8,10,12H2,1H3,(H,20,22).